The molecule has 0 spiro atoms. The third-order valence-electron chi connectivity index (χ3n) is 3.00. The topological polar surface area (TPSA) is 92.4 Å². The van der Waals surface area contributed by atoms with Gasteiger partial charge in [0, 0.05) is 25.4 Å². The number of nitrogens with zero attached hydrogens (tertiary/aromatic N) is 4. The van der Waals surface area contributed by atoms with Crippen LogP contribution in [0.4, 0.5) is 5.82 Å². The Balaban J connectivity index is 1.82. The van der Waals surface area contributed by atoms with Gasteiger partial charge in [-0.2, -0.15) is 0 Å². The lowest BCUT2D eigenvalue weighted by Gasteiger charge is -2.11. The second-order valence-corrected chi connectivity index (χ2v) is 4.59. The number of anilines is 1. The fraction of sp³-hybridized carbons (Fsp3) is 0.500. The van der Waals surface area contributed by atoms with Crippen molar-refractivity contribution in [1.29, 1.82) is 0 Å². The summed E-state index contributed by atoms with van der Waals surface area (Å²) in [5, 5.41) is 19.6. The molecule has 0 saturated heterocycles. The first-order chi connectivity index (χ1) is 9.16. The lowest BCUT2D eigenvalue weighted by atomic mass is 10.0. The highest BCUT2D eigenvalue weighted by atomic mass is 16.4. The SMILES string of the molecule is CC(CCNc1nccn2cnnc12)CCC(=O)O. The first kappa shape index (κ1) is 13.3. The molecule has 2 heterocycles. The van der Waals surface area contributed by atoms with Crippen molar-refractivity contribution in [2.45, 2.75) is 26.2 Å². The number of aliphatic carboxylic acids is 1. The summed E-state index contributed by atoms with van der Waals surface area (Å²) in [5.74, 6) is 0.321. The van der Waals surface area contributed by atoms with E-state index in [0.29, 0.717) is 23.8 Å². The van der Waals surface area contributed by atoms with E-state index in [2.05, 4.69) is 27.4 Å². The number of carboxylic acid groups (broad SMARTS) is 1. The molecule has 7 heteroatoms. The molecule has 19 heavy (non-hydrogen) atoms. The van der Waals surface area contributed by atoms with Crippen LogP contribution in [0.3, 0.4) is 0 Å². The van der Waals surface area contributed by atoms with Crippen LogP contribution in [0.1, 0.15) is 26.2 Å². The van der Waals surface area contributed by atoms with Crippen LogP contribution in [0.5, 0.6) is 0 Å². The minimum atomic E-state index is -0.741. The molecule has 7 nitrogen and oxygen atoms in total. The Morgan fingerprint density at radius 1 is 1.53 bits per heavy atom. The van der Waals surface area contributed by atoms with Crippen LogP contribution in [0.15, 0.2) is 18.7 Å². The van der Waals surface area contributed by atoms with E-state index in [1.54, 1.807) is 23.1 Å². The van der Waals surface area contributed by atoms with E-state index in [1.165, 1.54) is 0 Å². The van der Waals surface area contributed by atoms with Crippen LogP contribution in [-0.4, -0.2) is 37.2 Å². The molecule has 0 radical (unpaired) electrons. The average molecular weight is 263 g/mol. The zero-order chi connectivity index (χ0) is 13.7. The van der Waals surface area contributed by atoms with E-state index in [1.807, 2.05) is 0 Å². The second-order valence-electron chi connectivity index (χ2n) is 4.59. The summed E-state index contributed by atoms with van der Waals surface area (Å²) in [6.07, 6.45) is 6.91. The summed E-state index contributed by atoms with van der Waals surface area (Å²) >= 11 is 0. The fourth-order valence-corrected chi connectivity index (χ4v) is 1.83. The van der Waals surface area contributed by atoms with Crippen molar-refractivity contribution in [2.24, 2.45) is 5.92 Å². The normalized spacial score (nSPS) is 12.5. The number of fused-ring (bicyclic) bond motifs is 1. The average Bonchev–Trinajstić information content (AvgIpc) is 2.85. The third kappa shape index (κ3) is 3.64. The Bertz CT molecular complexity index is 554. The maximum absolute atomic E-state index is 10.5. The Morgan fingerprint density at radius 2 is 2.37 bits per heavy atom. The molecule has 2 N–H and O–H groups in total. The summed E-state index contributed by atoms with van der Waals surface area (Å²) in [6, 6.07) is 0. The van der Waals surface area contributed by atoms with Crippen LogP contribution in [0.25, 0.3) is 5.65 Å². The summed E-state index contributed by atoms with van der Waals surface area (Å²) in [6.45, 7) is 2.79. The molecule has 0 aliphatic rings. The van der Waals surface area contributed by atoms with E-state index < -0.39 is 5.97 Å². The molecule has 102 valence electrons. The Labute approximate surface area is 110 Å². The van der Waals surface area contributed by atoms with E-state index in [4.69, 9.17) is 5.11 Å². The Kier molecular flexibility index (Phi) is 4.27. The smallest absolute Gasteiger partial charge is 0.303 e. The van der Waals surface area contributed by atoms with Crippen molar-refractivity contribution in [3.05, 3.63) is 18.7 Å². The number of carboxylic acids is 1. The largest absolute Gasteiger partial charge is 0.481 e. The molecular weight excluding hydrogens is 246 g/mol. The second kappa shape index (κ2) is 6.12. The molecule has 2 rings (SSSR count). The molecule has 0 fully saturated rings. The van der Waals surface area contributed by atoms with Gasteiger partial charge in [-0.25, -0.2) is 4.98 Å². The molecule has 0 bridgehead atoms. The van der Waals surface area contributed by atoms with Gasteiger partial charge in [0.25, 0.3) is 0 Å². The molecule has 0 aromatic carbocycles. The lowest BCUT2D eigenvalue weighted by molar-refractivity contribution is -0.137. The van der Waals surface area contributed by atoms with E-state index in [9.17, 15) is 4.79 Å². The zero-order valence-corrected chi connectivity index (χ0v) is 10.8. The zero-order valence-electron chi connectivity index (χ0n) is 10.8. The minimum absolute atomic E-state index is 0.221. The maximum Gasteiger partial charge on any atom is 0.303 e. The Morgan fingerprint density at radius 3 is 3.16 bits per heavy atom. The number of hydrogen-bond acceptors (Lipinski definition) is 5. The van der Waals surface area contributed by atoms with Gasteiger partial charge in [-0.1, -0.05) is 6.92 Å². The highest BCUT2D eigenvalue weighted by Gasteiger charge is 2.07. The van der Waals surface area contributed by atoms with Crippen molar-refractivity contribution < 1.29 is 9.90 Å². The van der Waals surface area contributed by atoms with Crippen molar-refractivity contribution in [1.82, 2.24) is 19.6 Å². The van der Waals surface area contributed by atoms with Crippen LogP contribution < -0.4 is 5.32 Å². The van der Waals surface area contributed by atoms with Crippen molar-refractivity contribution in [3.8, 4) is 0 Å². The third-order valence-corrected chi connectivity index (χ3v) is 3.00. The van der Waals surface area contributed by atoms with Gasteiger partial charge < -0.3 is 10.4 Å². The van der Waals surface area contributed by atoms with Gasteiger partial charge in [-0.15, -0.1) is 10.2 Å². The highest BCUT2D eigenvalue weighted by molar-refractivity contribution is 5.66. The van der Waals surface area contributed by atoms with Gasteiger partial charge in [-0.3, -0.25) is 9.20 Å². The monoisotopic (exact) mass is 263 g/mol. The van der Waals surface area contributed by atoms with Gasteiger partial charge in [-0.05, 0) is 18.8 Å². The first-order valence-electron chi connectivity index (χ1n) is 6.27. The van der Waals surface area contributed by atoms with E-state index >= 15 is 0 Å². The summed E-state index contributed by atoms with van der Waals surface area (Å²) in [7, 11) is 0. The standard InChI is InChI=1S/C12H17N5O2/c1-9(2-3-10(18)19)4-5-13-11-12-16-15-8-17(12)7-6-14-11/h6-9H,2-5H2,1H3,(H,13,14)(H,18,19). The number of nitrogens with one attached hydrogen (secondary N) is 1. The minimum Gasteiger partial charge on any atom is -0.481 e. The van der Waals surface area contributed by atoms with E-state index in [0.717, 1.165) is 13.0 Å². The van der Waals surface area contributed by atoms with Gasteiger partial charge >= 0.3 is 5.97 Å². The van der Waals surface area contributed by atoms with Crippen LogP contribution in [-0.2, 0) is 4.79 Å². The summed E-state index contributed by atoms with van der Waals surface area (Å²) in [5.41, 5.74) is 0.695. The van der Waals surface area contributed by atoms with Crippen molar-refractivity contribution in [3.63, 3.8) is 0 Å². The molecule has 2 aromatic heterocycles. The van der Waals surface area contributed by atoms with Gasteiger partial charge in [0.15, 0.2) is 5.82 Å². The molecule has 0 aliphatic heterocycles. The summed E-state index contributed by atoms with van der Waals surface area (Å²) < 4.78 is 1.79. The van der Waals surface area contributed by atoms with Gasteiger partial charge in [0.1, 0.15) is 6.33 Å². The van der Waals surface area contributed by atoms with Crippen LogP contribution in [0, 0.1) is 5.92 Å². The maximum atomic E-state index is 10.5. The van der Waals surface area contributed by atoms with Crippen molar-refractivity contribution in [2.75, 3.05) is 11.9 Å². The Hall–Kier alpha value is -2.18. The molecule has 0 saturated carbocycles. The van der Waals surface area contributed by atoms with Crippen molar-refractivity contribution >= 4 is 17.4 Å². The quantitative estimate of drug-likeness (QED) is 0.785. The fourth-order valence-electron chi connectivity index (χ4n) is 1.83. The highest BCUT2D eigenvalue weighted by Crippen LogP contribution is 2.13. The molecule has 2 aromatic rings. The number of carbonyl (C=O) groups is 1. The van der Waals surface area contributed by atoms with Gasteiger partial charge in [0.05, 0.1) is 0 Å². The molecule has 0 aliphatic carbocycles. The summed E-state index contributed by atoms with van der Waals surface area (Å²) in [4.78, 5) is 14.7. The van der Waals surface area contributed by atoms with Crippen LogP contribution >= 0.6 is 0 Å². The van der Waals surface area contributed by atoms with Gasteiger partial charge in [0.2, 0.25) is 5.65 Å². The number of aromatic nitrogens is 4. The molecule has 0 amide bonds. The predicted octanol–water partition coefficient (Wildman–Crippen LogP) is 1.43. The van der Waals surface area contributed by atoms with E-state index in [-0.39, 0.29) is 6.42 Å². The molecular formula is C12H17N5O2. The van der Waals surface area contributed by atoms with Crippen LogP contribution in [0.2, 0.25) is 0 Å². The number of hydrogen-bond donors (Lipinski definition) is 2. The predicted molar refractivity (Wildman–Crippen MR) is 69.9 cm³/mol. The molecule has 1 atom stereocenters. The first-order valence-corrected chi connectivity index (χ1v) is 6.27. The number of rotatable bonds is 7. The molecule has 1 unspecified atom stereocenters. The lowest BCUT2D eigenvalue weighted by Crippen LogP contribution is -2.10.